The van der Waals surface area contributed by atoms with Crippen LogP contribution in [-0.4, -0.2) is 70.4 Å². The van der Waals surface area contributed by atoms with Crippen LogP contribution in [0.15, 0.2) is 17.7 Å². The molecule has 0 amide bonds. The first-order valence-electron chi connectivity index (χ1n) is 12.8. The first kappa shape index (κ1) is 35.2. The molecule has 11 heteroatoms. The van der Waals surface area contributed by atoms with Gasteiger partial charge in [0, 0.05) is 12.7 Å². The lowest BCUT2D eigenvalue weighted by molar-refractivity contribution is -0.174. The van der Waals surface area contributed by atoms with Crippen molar-refractivity contribution >= 4 is 29.5 Å². The molecule has 0 saturated carbocycles. The van der Waals surface area contributed by atoms with Crippen molar-refractivity contribution < 1.29 is 47.5 Å². The van der Waals surface area contributed by atoms with Crippen molar-refractivity contribution in [3.63, 3.8) is 0 Å². The number of hydrogen-bond donors (Lipinski definition) is 0. The van der Waals surface area contributed by atoms with Gasteiger partial charge in [-0.15, -0.1) is 0 Å². The molecule has 1 aromatic carbocycles. The molecule has 0 fully saturated rings. The number of methoxy groups -OCH3 is 3. The predicted octanol–water partition coefficient (Wildman–Crippen LogP) is 5.31. The fourth-order valence-corrected chi connectivity index (χ4v) is 3.79. The van der Waals surface area contributed by atoms with E-state index in [1.807, 2.05) is 0 Å². The van der Waals surface area contributed by atoms with Gasteiger partial charge < -0.3 is 33.2 Å². The minimum absolute atomic E-state index is 0.0485. The van der Waals surface area contributed by atoms with Crippen LogP contribution >= 0.6 is 11.6 Å². The van der Waals surface area contributed by atoms with Gasteiger partial charge in [-0.25, -0.2) is 4.79 Å². The Bertz CT molecular complexity index is 1020. The van der Waals surface area contributed by atoms with Gasteiger partial charge in [-0.2, -0.15) is 0 Å². The van der Waals surface area contributed by atoms with Crippen LogP contribution in [0.4, 0.5) is 0 Å². The summed E-state index contributed by atoms with van der Waals surface area (Å²) < 4.78 is 37.7. The monoisotopic (exact) mass is 586 g/mol. The van der Waals surface area contributed by atoms with Crippen LogP contribution in [0.25, 0.3) is 0 Å². The third-order valence-corrected chi connectivity index (χ3v) is 5.45. The minimum atomic E-state index is -1.17. The van der Waals surface area contributed by atoms with Crippen LogP contribution in [0.1, 0.15) is 70.8 Å². The number of halogens is 1. The lowest BCUT2D eigenvalue weighted by Crippen LogP contribution is -2.37. The highest BCUT2D eigenvalue weighted by molar-refractivity contribution is 6.32. The molecule has 0 aliphatic carbocycles. The normalized spacial score (nSPS) is 12.2. The first-order valence-corrected chi connectivity index (χ1v) is 13.2. The highest BCUT2D eigenvalue weighted by Crippen LogP contribution is 2.40. The second-order valence-corrected chi connectivity index (χ2v) is 11.4. The van der Waals surface area contributed by atoms with Crippen molar-refractivity contribution in [3.05, 3.63) is 33.9 Å². The van der Waals surface area contributed by atoms with E-state index < -0.39 is 35.0 Å². The molecule has 1 rings (SSSR count). The van der Waals surface area contributed by atoms with Gasteiger partial charge in [0.2, 0.25) is 0 Å². The summed E-state index contributed by atoms with van der Waals surface area (Å²) in [5, 5.41) is 0.178. The smallest absolute Gasteiger partial charge is 0.341 e. The van der Waals surface area contributed by atoms with Crippen molar-refractivity contribution in [2.75, 3.05) is 41.3 Å². The second-order valence-electron chi connectivity index (χ2n) is 11.0. The standard InChI is InChI=1S/C29H43ClO10/c1-18(15-21(26(32)39-28(2,3)4)27(33)40-29(5,6)7)11-12-19-23(38-17-37-14-13-34-8)20(25(31)36-10)16-22(30)24(19)35-9/h11,16,21H,12-15,17H2,1-10H3/b18-11+. The van der Waals surface area contributed by atoms with Crippen LogP contribution in [-0.2, 0) is 39.7 Å². The molecule has 1 aromatic rings. The number of rotatable bonds is 14. The van der Waals surface area contributed by atoms with Crippen LogP contribution < -0.4 is 9.47 Å². The molecule has 0 atom stereocenters. The van der Waals surface area contributed by atoms with Gasteiger partial charge in [-0.3, -0.25) is 9.59 Å². The Morgan fingerprint density at radius 1 is 0.925 bits per heavy atom. The van der Waals surface area contributed by atoms with Gasteiger partial charge in [-0.1, -0.05) is 23.3 Å². The lowest BCUT2D eigenvalue weighted by Gasteiger charge is -2.26. The molecule has 0 unspecified atom stereocenters. The predicted molar refractivity (Wildman–Crippen MR) is 150 cm³/mol. The molecule has 0 heterocycles. The molecule has 0 saturated heterocycles. The molecule has 0 bridgehead atoms. The van der Waals surface area contributed by atoms with Gasteiger partial charge in [0.15, 0.2) is 12.7 Å². The molecule has 40 heavy (non-hydrogen) atoms. The SMILES string of the molecule is COCCOCOc1c(C(=O)OC)cc(Cl)c(OC)c1C/C=C(\C)CC(C(=O)OC(C)(C)C)C(=O)OC(C)(C)C. The second kappa shape index (κ2) is 15.8. The van der Waals surface area contributed by atoms with Crippen LogP contribution in [0.3, 0.4) is 0 Å². The molecular formula is C29H43ClO10. The van der Waals surface area contributed by atoms with E-state index in [1.165, 1.54) is 20.3 Å². The van der Waals surface area contributed by atoms with E-state index in [0.29, 0.717) is 23.5 Å². The first-order chi connectivity index (χ1) is 18.5. The molecule has 0 aromatic heterocycles. The van der Waals surface area contributed by atoms with E-state index in [-0.39, 0.29) is 42.6 Å². The Morgan fingerprint density at radius 3 is 1.98 bits per heavy atom. The van der Waals surface area contributed by atoms with E-state index in [1.54, 1.807) is 61.7 Å². The van der Waals surface area contributed by atoms with Gasteiger partial charge in [0.25, 0.3) is 0 Å². The Labute approximate surface area is 242 Å². The van der Waals surface area contributed by atoms with Gasteiger partial charge in [0.05, 0.1) is 32.5 Å². The van der Waals surface area contributed by atoms with Crippen molar-refractivity contribution in [2.45, 2.75) is 72.5 Å². The van der Waals surface area contributed by atoms with Crippen LogP contribution in [0.5, 0.6) is 11.5 Å². The zero-order chi connectivity index (χ0) is 30.7. The number of carbonyl (C=O) groups excluding carboxylic acids is 3. The maximum Gasteiger partial charge on any atom is 0.341 e. The molecule has 0 radical (unpaired) electrons. The molecular weight excluding hydrogens is 544 g/mol. The number of ether oxygens (including phenoxy) is 7. The summed E-state index contributed by atoms with van der Waals surface area (Å²) in [5.74, 6) is -2.73. The molecule has 0 spiro atoms. The fourth-order valence-electron chi connectivity index (χ4n) is 3.49. The summed E-state index contributed by atoms with van der Waals surface area (Å²) in [6.45, 7) is 12.6. The summed E-state index contributed by atoms with van der Waals surface area (Å²) in [6.07, 6.45) is 2.02. The van der Waals surface area contributed by atoms with Gasteiger partial charge in [0.1, 0.15) is 28.3 Å². The van der Waals surface area contributed by atoms with Gasteiger partial charge in [-0.05, 0) is 67.4 Å². The largest absolute Gasteiger partial charge is 0.495 e. The number of benzene rings is 1. The quantitative estimate of drug-likeness (QED) is 0.0708. The average Bonchev–Trinajstić information content (AvgIpc) is 2.83. The maximum atomic E-state index is 13.0. The fraction of sp³-hybridized carbons (Fsp3) is 0.621. The Hall–Kier alpha value is -2.82. The number of allylic oxidation sites excluding steroid dienone is 2. The third kappa shape index (κ3) is 11.7. The third-order valence-electron chi connectivity index (χ3n) is 5.17. The van der Waals surface area contributed by atoms with E-state index in [0.717, 1.165) is 0 Å². The summed E-state index contributed by atoms with van der Waals surface area (Å²) in [7, 11) is 4.24. The van der Waals surface area contributed by atoms with Crippen molar-refractivity contribution in [2.24, 2.45) is 5.92 Å². The summed E-state index contributed by atoms with van der Waals surface area (Å²) in [6, 6.07) is 1.40. The van der Waals surface area contributed by atoms with Crippen molar-refractivity contribution in [1.29, 1.82) is 0 Å². The van der Waals surface area contributed by atoms with Crippen LogP contribution in [0, 0.1) is 5.92 Å². The van der Waals surface area contributed by atoms with Crippen molar-refractivity contribution in [1.82, 2.24) is 0 Å². The lowest BCUT2D eigenvalue weighted by atomic mass is 9.97. The molecule has 0 N–H and O–H groups in total. The topological polar surface area (TPSA) is 116 Å². The summed E-state index contributed by atoms with van der Waals surface area (Å²) in [5.41, 5.74) is -0.345. The minimum Gasteiger partial charge on any atom is -0.495 e. The zero-order valence-corrected chi connectivity index (χ0v) is 26.0. The molecule has 226 valence electrons. The van der Waals surface area contributed by atoms with E-state index >= 15 is 0 Å². The van der Waals surface area contributed by atoms with Crippen LogP contribution in [0.2, 0.25) is 5.02 Å². The Kier molecular flexibility index (Phi) is 13.9. The summed E-state index contributed by atoms with van der Waals surface area (Å²) >= 11 is 6.44. The molecule has 0 aliphatic rings. The Morgan fingerprint density at radius 2 is 1.50 bits per heavy atom. The number of carbonyl (C=O) groups is 3. The van der Waals surface area contributed by atoms with E-state index in [2.05, 4.69) is 0 Å². The Balaban J connectivity index is 3.42. The number of hydrogen-bond acceptors (Lipinski definition) is 10. The van der Waals surface area contributed by atoms with E-state index in [4.69, 9.17) is 44.8 Å². The maximum absolute atomic E-state index is 13.0. The molecule has 10 nitrogen and oxygen atoms in total. The average molecular weight is 587 g/mol. The number of esters is 3. The zero-order valence-electron chi connectivity index (χ0n) is 25.2. The highest BCUT2D eigenvalue weighted by atomic mass is 35.5. The summed E-state index contributed by atoms with van der Waals surface area (Å²) in [4.78, 5) is 38.5. The highest BCUT2D eigenvalue weighted by Gasteiger charge is 2.35. The molecule has 0 aliphatic heterocycles. The van der Waals surface area contributed by atoms with E-state index in [9.17, 15) is 14.4 Å². The van der Waals surface area contributed by atoms with Crippen molar-refractivity contribution in [3.8, 4) is 11.5 Å². The van der Waals surface area contributed by atoms with Gasteiger partial charge >= 0.3 is 17.9 Å².